The van der Waals surface area contributed by atoms with Crippen molar-refractivity contribution >= 4 is 45.0 Å². The fourth-order valence-corrected chi connectivity index (χ4v) is 2.53. The summed E-state index contributed by atoms with van der Waals surface area (Å²) >= 11 is 6.12. The third-order valence-electron chi connectivity index (χ3n) is 4.01. The highest BCUT2D eigenvalue weighted by atomic mass is 35.5. The summed E-state index contributed by atoms with van der Waals surface area (Å²) in [5.74, 6) is -0.224. The fraction of sp³-hybridized carbons (Fsp3) is 0.150. The molecular weight excluding hydrogens is 364 g/mol. The largest absolute Gasteiger partial charge is 0.451 e. The molecule has 0 saturated carbocycles. The molecule has 27 heavy (non-hydrogen) atoms. The Kier molecular flexibility index (Phi) is 5.57. The Labute approximate surface area is 161 Å². The van der Waals surface area contributed by atoms with Crippen LogP contribution in [0.3, 0.4) is 0 Å². The highest BCUT2D eigenvalue weighted by Crippen LogP contribution is 2.24. The number of hydrogen-bond donors (Lipinski definition) is 2. The predicted molar refractivity (Wildman–Crippen MR) is 110 cm³/mol. The second-order valence-electron chi connectivity index (χ2n) is 6.07. The Hall–Kier alpha value is -3.12. The molecule has 1 heterocycles. The summed E-state index contributed by atoms with van der Waals surface area (Å²) in [6.45, 7) is 5.48. The molecule has 7 heteroatoms. The van der Waals surface area contributed by atoms with E-state index in [2.05, 4.69) is 21.1 Å². The molecule has 0 aliphatic heterocycles. The number of nitrogens with one attached hydrogen (secondary N) is 2. The molecule has 2 aromatic carbocycles. The van der Waals surface area contributed by atoms with Gasteiger partial charge in [0.2, 0.25) is 0 Å². The second kappa shape index (κ2) is 8.05. The number of hydrazone groups is 2. The van der Waals surface area contributed by atoms with Crippen molar-refractivity contribution < 1.29 is 9.21 Å². The molecule has 0 bridgehead atoms. The SMILES string of the molecule is CC(=N\NC(=O)c1oc2ccccc2c1C)/C(Cl)=N/Nc1ccc(C)cc1. The molecule has 2 N–H and O–H groups in total. The van der Waals surface area contributed by atoms with Gasteiger partial charge in [0, 0.05) is 10.9 Å². The van der Waals surface area contributed by atoms with E-state index in [0.717, 1.165) is 22.2 Å². The lowest BCUT2D eigenvalue weighted by molar-refractivity contribution is 0.0928. The van der Waals surface area contributed by atoms with Crippen molar-refractivity contribution in [1.29, 1.82) is 0 Å². The predicted octanol–water partition coefficient (Wildman–Crippen LogP) is 4.82. The number of benzene rings is 2. The van der Waals surface area contributed by atoms with Crippen LogP contribution in [0.5, 0.6) is 0 Å². The zero-order valence-electron chi connectivity index (χ0n) is 15.2. The van der Waals surface area contributed by atoms with Crippen LogP contribution in [0.2, 0.25) is 0 Å². The van der Waals surface area contributed by atoms with Crippen LogP contribution in [0.1, 0.15) is 28.6 Å². The van der Waals surface area contributed by atoms with Gasteiger partial charge < -0.3 is 4.42 Å². The number of hydrogen-bond acceptors (Lipinski definition) is 5. The normalized spacial score (nSPS) is 12.3. The van der Waals surface area contributed by atoms with Crippen LogP contribution < -0.4 is 10.9 Å². The summed E-state index contributed by atoms with van der Waals surface area (Å²) in [4.78, 5) is 12.4. The van der Waals surface area contributed by atoms with E-state index in [-0.39, 0.29) is 10.9 Å². The molecule has 0 unspecified atom stereocenters. The monoisotopic (exact) mass is 382 g/mol. The number of fused-ring (bicyclic) bond motifs is 1. The average Bonchev–Trinajstić information content (AvgIpc) is 3.02. The van der Waals surface area contributed by atoms with Gasteiger partial charge in [-0.3, -0.25) is 10.2 Å². The zero-order valence-corrected chi connectivity index (χ0v) is 16.0. The summed E-state index contributed by atoms with van der Waals surface area (Å²) in [6, 6.07) is 15.2. The maximum atomic E-state index is 12.4. The lowest BCUT2D eigenvalue weighted by Gasteiger charge is -2.03. The maximum absolute atomic E-state index is 12.4. The third kappa shape index (κ3) is 4.35. The van der Waals surface area contributed by atoms with E-state index in [1.165, 1.54) is 0 Å². The van der Waals surface area contributed by atoms with Crippen molar-refractivity contribution in [3.63, 3.8) is 0 Å². The molecule has 138 valence electrons. The van der Waals surface area contributed by atoms with Crippen LogP contribution in [0, 0.1) is 13.8 Å². The standard InChI is InChI=1S/C20H19ClN4O2/c1-12-8-10-15(11-9-12)23-24-19(21)14(3)22-25-20(26)18-13(2)16-6-4-5-7-17(16)27-18/h4-11,23H,1-3H3,(H,25,26)/b22-14+,24-19-. The lowest BCUT2D eigenvalue weighted by Crippen LogP contribution is -2.21. The summed E-state index contributed by atoms with van der Waals surface area (Å²) in [7, 11) is 0. The number of carbonyl (C=O) groups is 1. The molecule has 3 rings (SSSR count). The Bertz CT molecular complexity index is 1040. The second-order valence-corrected chi connectivity index (χ2v) is 6.43. The highest BCUT2D eigenvalue weighted by molar-refractivity contribution is 6.83. The molecular formula is C20H19ClN4O2. The number of furan rings is 1. The van der Waals surface area contributed by atoms with Gasteiger partial charge >= 0.3 is 5.91 Å². The molecule has 0 aliphatic rings. The van der Waals surface area contributed by atoms with Crippen molar-refractivity contribution in [2.45, 2.75) is 20.8 Å². The van der Waals surface area contributed by atoms with Crippen molar-refractivity contribution in [2.24, 2.45) is 10.2 Å². The van der Waals surface area contributed by atoms with Gasteiger partial charge in [0.15, 0.2) is 10.9 Å². The summed E-state index contributed by atoms with van der Waals surface area (Å²) < 4.78 is 5.61. The van der Waals surface area contributed by atoms with Gasteiger partial charge in [-0.2, -0.15) is 10.2 Å². The minimum absolute atomic E-state index is 0.136. The van der Waals surface area contributed by atoms with Gasteiger partial charge in [-0.05, 0) is 39.0 Å². The number of para-hydroxylation sites is 1. The molecule has 6 nitrogen and oxygen atoms in total. The van der Waals surface area contributed by atoms with Crippen LogP contribution in [-0.2, 0) is 0 Å². The number of amides is 1. The number of anilines is 1. The quantitative estimate of drug-likeness (QED) is 0.490. The van der Waals surface area contributed by atoms with Crippen molar-refractivity contribution in [3.05, 3.63) is 65.4 Å². The molecule has 0 saturated heterocycles. The van der Waals surface area contributed by atoms with Crippen molar-refractivity contribution in [1.82, 2.24) is 5.43 Å². The van der Waals surface area contributed by atoms with Crippen molar-refractivity contribution in [2.75, 3.05) is 5.43 Å². The highest BCUT2D eigenvalue weighted by Gasteiger charge is 2.17. The van der Waals surface area contributed by atoms with Crippen molar-refractivity contribution in [3.8, 4) is 0 Å². The van der Waals surface area contributed by atoms with Gasteiger partial charge in [0.25, 0.3) is 0 Å². The van der Waals surface area contributed by atoms with Crippen LogP contribution in [0.15, 0.2) is 63.2 Å². The average molecular weight is 383 g/mol. The van der Waals surface area contributed by atoms with Gasteiger partial charge in [-0.1, -0.05) is 47.5 Å². The van der Waals surface area contributed by atoms with Crippen LogP contribution >= 0.6 is 11.6 Å². The first-order chi connectivity index (χ1) is 13.0. The van der Waals surface area contributed by atoms with Crippen LogP contribution in [0.4, 0.5) is 5.69 Å². The Morgan fingerprint density at radius 2 is 1.74 bits per heavy atom. The minimum atomic E-state index is -0.445. The number of aryl methyl sites for hydroxylation is 2. The van der Waals surface area contributed by atoms with Gasteiger partial charge in [0.1, 0.15) is 5.58 Å². The van der Waals surface area contributed by atoms with E-state index in [9.17, 15) is 4.79 Å². The van der Waals surface area contributed by atoms with Crippen LogP contribution in [-0.4, -0.2) is 16.8 Å². The lowest BCUT2D eigenvalue weighted by atomic mass is 10.1. The van der Waals surface area contributed by atoms with E-state index in [4.69, 9.17) is 16.0 Å². The molecule has 0 fully saturated rings. The minimum Gasteiger partial charge on any atom is -0.451 e. The Balaban J connectivity index is 1.68. The van der Waals surface area contributed by atoms with E-state index >= 15 is 0 Å². The summed E-state index contributed by atoms with van der Waals surface area (Å²) in [6.07, 6.45) is 0. The summed E-state index contributed by atoms with van der Waals surface area (Å²) in [5, 5.41) is 9.08. The molecule has 1 amide bonds. The molecule has 1 aromatic heterocycles. The first-order valence-corrected chi connectivity index (χ1v) is 8.72. The Morgan fingerprint density at radius 3 is 2.44 bits per heavy atom. The van der Waals surface area contributed by atoms with Gasteiger partial charge in [0.05, 0.1) is 11.4 Å². The van der Waals surface area contributed by atoms with Crippen LogP contribution in [0.25, 0.3) is 11.0 Å². The molecule has 0 atom stereocenters. The molecule has 0 aliphatic carbocycles. The Morgan fingerprint density at radius 1 is 1.04 bits per heavy atom. The molecule has 0 radical (unpaired) electrons. The number of nitrogens with zero attached hydrogens (tertiary/aromatic N) is 2. The third-order valence-corrected chi connectivity index (χ3v) is 4.37. The number of carbonyl (C=O) groups excluding carboxylic acids is 1. The topological polar surface area (TPSA) is 79.0 Å². The molecule has 3 aromatic rings. The molecule has 0 spiro atoms. The van der Waals surface area contributed by atoms with Gasteiger partial charge in [-0.15, -0.1) is 0 Å². The zero-order chi connectivity index (χ0) is 19.4. The van der Waals surface area contributed by atoms with E-state index < -0.39 is 5.91 Å². The maximum Gasteiger partial charge on any atom is 0.307 e. The van der Waals surface area contributed by atoms with E-state index in [0.29, 0.717) is 11.3 Å². The summed E-state index contributed by atoms with van der Waals surface area (Å²) in [5.41, 5.74) is 9.02. The first kappa shape index (κ1) is 18.7. The smallest absolute Gasteiger partial charge is 0.307 e. The first-order valence-electron chi connectivity index (χ1n) is 8.34. The fourth-order valence-electron chi connectivity index (χ4n) is 2.45. The van der Waals surface area contributed by atoms with E-state index in [1.54, 1.807) is 6.92 Å². The van der Waals surface area contributed by atoms with Gasteiger partial charge in [-0.25, -0.2) is 5.43 Å². The van der Waals surface area contributed by atoms with E-state index in [1.807, 2.05) is 62.4 Å². The number of rotatable bonds is 5. The number of halogens is 1.